The van der Waals surface area contributed by atoms with Gasteiger partial charge in [-0.3, -0.25) is 4.79 Å². The van der Waals surface area contributed by atoms with E-state index in [-0.39, 0.29) is 11.3 Å². The van der Waals surface area contributed by atoms with Gasteiger partial charge in [-0.05, 0) is 49.9 Å². The summed E-state index contributed by atoms with van der Waals surface area (Å²) in [5, 5.41) is 3.27. The number of para-hydroxylation sites is 2. The first-order valence-corrected chi connectivity index (χ1v) is 10.9. The molecule has 1 fully saturated rings. The fourth-order valence-corrected chi connectivity index (χ4v) is 5.01. The first kappa shape index (κ1) is 19.7. The van der Waals surface area contributed by atoms with Crippen molar-refractivity contribution in [3.05, 3.63) is 65.5 Å². The van der Waals surface area contributed by atoms with Gasteiger partial charge < -0.3 is 9.88 Å². The molecular weight excluding hydrogens is 358 g/mol. The third-order valence-electron chi connectivity index (χ3n) is 6.49. The molecular formula is C25H31N3O. The van der Waals surface area contributed by atoms with Gasteiger partial charge in [0.1, 0.15) is 5.82 Å². The SMILES string of the molecule is CCn1c(CCNC(=O)C2(c3ccccc3C)CCCCC2)nc2ccccc21. The average molecular weight is 390 g/mol. The number of carbonyl (C=O) groups is 1. The fourth-order valence-electron chi connectivity index (χ4n) is 5.01. The van der Waals surface area contributed by atoms with Crippen molar-refractivity contribution in [2.24, 2.45) is 0 Å². The number of hydrogen-bond donors (Lipinski definition) is 1. The van der Waals surface area contributed by atoms with E-state index >= 15 is 0 Å². The molecule has 1 N–H and O–H groups in total. The van der Waals surface area contributed by atoms with Gasteiger partial charge >= 0.3 is 0 Å². The van der Waals surface area contributed by atoms with Gasteiger partial charge in [0, 0.05) is 19.5 Å². The quantitative estimate of drug-likeness (QED) is 0.650. The summed E-state index contributed by atoms with van der Waals surface area (Å²) in [7, 11) is 0. The highest BCUT2D eigenvalue weighted by atomic mass is 16.2. The van der Waals surface area contributed by atoms with E-state index in [2.05, 4.69) is 66.2 Å². The van der Waals surface area contributed by atoms with Crippen molar-refractivity contribution in [1.82, 2.24) is 14.9 Å². The van der Waals surface area contributed by atoms with E-state index in [0.29, 0.717) is 6.54 Å². The molecule has 3 aromatic rings. The molecule has 4 heteroatoms. The second-order valence-corrected chi connectivity index (χ2v) is 8.22. The number of carbonyl (C=O) groups excluding carboxylic acids is 1. The van der Waals surface area contributed by atoms with E-state index in [4.69, 9.17) is 4.98 Å². The zero-order valence-electron chi connectivity index (χ0n) is 17.6. The minimum absolute atomic E-state index is 0.186. The van der Waals surface area contributed by atoms with Crippen molar-refractivity contribution in [1.29, 1.82) is 0 Å². The molecule has 1 aliphatic carbocycles. The van der Waals surface area contributed by atoms with Crippen LogP contribution in [0.2, 0.25) is 0 Å². The highest BCUT2D eigenvalue weighted by Gasteiger charge is 2.41. The van der Waals surface area contributed by atoms with Crippen LogP contribution in [-0.4, -0.2) is 22.0 Å². The topological polar surface area (TPSA) is 46.9 Å². The van der Waals surface area contributed by atoms with Crippen LogP contribution in [0.5, 0.6) is 0 Å². The molecule has 1 aromatic heterocycles. The molecule has 1 aliphatic rings. The summed E-state index contributed by atoms with van der Waals surface area (Å²) in [6, 6.07) is 16.6. The lowest BCUT2D eigenvalue weighted by molar-refractivity contribution is -0.128. The average Bonchev–Trinajstić information content (AvgIpc) is 3.11. The zero-order valence-corrected chi connectivity index (χ0v) is 17.6. The summed E-state index contributed by atoms with van der Waals surface area (Å²) in [6.45, 7) is 5.78. The van der Waals surface area contributed by atoms with E-state index in [1.165, 1.54) is 23.1 Å². The van der Waals surface area contributed by atoms with Gasteiger partial charge in [-0.15, -0.1) is 0 Å². The van der Waals surface area contributed by atoms with Gasteiger partial charge in [0.2, 0.25) is 5.91 Å². The second kappa shape index (κ2) is 8.40. The number of nitrogens with zero attached hydrogens (tertiary/aromatic N) is 2. The Labute approximate surface area is 173 Å². The highest BCUT2D eigenvalue weighted by Crippen LogP contribution is 2.41. The predicted molar refractivity (Wildman–Crippen MR) is 118 cm³/mol. The smallest absolute Gasteiger partial charge is 0.230 e. The number of imidazole rings is 1. The number of nitrogens with one attached hydrogen (secondary N) is 1. The molecule has 0 aliphatic heterocycles. The summed E-state index contributed by atoms with van der Waals surface area (Å²) < 4.78 is 2.25. The summed E-state index contributed by atoms with van der Waals surface area (Å²) in [6.07, 6.45) is 6.09. The lowest BCUT2D eigenvalue weighted by Gasteiger charge is -2.37. The first-order chi connectivity index (χ1) is 14.2. The molecule has 2 aromatic carbocycles. The molecule has 152 valence electrons. The van der Waals surface area contributed by atoms with Crippen LogP contribution in [0.25, 0.3) is 11.0 Å². The third-order valence-corrected chi connectivity index (χ3v) is 6.49. The van der Waals surface area contributed by atoms with Crippen molar-refractivity contribution in [3.8, 4) is 0 Å². The summed E-state index contributed by atoms with van der Waals surface area (Å²) in [5.74, 6) is 1.23. The Kier molecular flexibility index (Phi) is 5.70. The maximum absolute atomic E-state index is 13.5. The Hall–Kier alpha value is -2.62. The molecule has 0 saturated heterocycles. The first-order valence-electron chi connectivity index (χ1n) is 10.9. The maximum Gasteiger partial charge on any atom is 0.230 e. The van der Waals surface area contributed by atoms with Crippen LogP contribution < -0.4 is 5.32 Å². The maximum atomic E-state index is 13.5. The van der Waals surface area contributed by atoms with Crippen LogP contribution in [0, 0.1) is 6.92 Å². The number of benzene rings is 2. The van der Waals surface area contributed by atoms with Crippen molar-refractivity contribution in [2.75, 3.05) is 6.54 Å². The zero-order chi connectivity index (χ0) is 20.3. The van der Waals surface area contributed by atoms with Crippen LogP contribution in [0.15, 0.2) is 48.5 Å². The van der Waals surface area contributed by atoms with Gasteiger partial charge in [0.25, 0.3) is 0 Å². The predicted octanol–water partition coefficient (Wildman–Crippen LogP) is 4.93. The molecule has 1 saturated carbocycles. The number of amides is 1. The molecule has 4 rings (SSSR count). The van der Waals surface area contributed by atoms with Crippen LogP contribution in [0.4, 0.5) is 0 Å². The Balaban J connectivity index is 1.52. The van der Waals surface area contributed by atoms with E-state index in [1.54, 1.807) is 0 Å². The molecule has 1 amide bonds. The van der Waals surface area contributed by atoms with Crippen LogP contribution in [0.1, 0.15) is 56.0 Å². The Bertz CT molecular complexity index is 998. The van der Waals surface area contributed by atoms with E-state index in [0.717, 1.165) is 50.0 Å². The fraction of sp³-hybridized carbons (Fsp3) is 0.440. The van der Waals surface area contributed by atoms with Crippen molar-refractivity contribution in [3.63, 3.8) is 0 Å². The van der Waals surface area contributed by atoms with Gasteiger partial charge in [0.15, 0.2) is 0 Å². The Morgan fingerprint density at radius 2 is 1.79 bits per heavy atom. The lowest BCUT2D eigenvalue weighted by Crippen LogP contribution is -2.46. The molecule has 0 bridgehead atoms. The molecule has 29 heavy (non-hydrogen) atoms. The second-order valence-electron chi connectivity index (χ2n) is 8.22. The summed E-state index contributed by atoms with van der Waals surface area (Å²) >= 11 is 0. The highest BCUT2D eigenvalue weighted by molar-refractivity contribution is 5.88. The van der Waals surface area contributed by atoms with Crippen LogP contribution >= 0.6 is 0 Å². The number of aromatic nitrogens is 2. The van der Waals surface area contributed by atoms with Crippen molar-refractivity contribution < 1.29 is 4.79 Å². The van der Waals surface area contributed by atoms with E-state index in [1.807, 2.05) is 6.07 Å². The number of fused-ring (bicyclic) bond motifs is 1. The molecule has 0 spiro atoms. The van der Waals surface area contributed by atoms with Crippen LogP contribution in [0.3, 0.4) is 0 Å². The van der Waals surface area contributed by atoms with Crippen molar-refractivity contribution >= 4 is 16.9 Å². The van der Waals surface area contributed by atoms with Crippen molar-refractivity contribution in [2.45, 2.75) is 64.3 Å². The molecule has 0 unspecified atom stereocenters. The summed E-state index contributed by atoms with van der Waals surface area (Å²) in [5.41, 5.74) is 4.24. The van der Waals surface area contributed by atoms with Gasteiger partial charge in [-0.1, -0.05) is 55.7 Å². The van der Waals surface area contributed by atoms with E-state index in [9.17, 15) is 4.79 Å². The monoisotopic (exact) mass is 389 g/mol. The summed E-state index contributed by atoms with van der Waals surface area (Å²) in [4.78, 5) is 18.2. The van der Waals surface area contributed by atoms with Crippen LogP contribution in [-0.2, 0) is 23.2 Å². The third kappa shape index (κ3) is 3.68. The minimum Gasteiger partial charge on any atom is -0.355 e. The van der Waals surface area contributed by atoms with Gasteiger partial charge in [0.05, 0.1) is 16.4 Å². The minimum atomic E-state index is -0.380. The number of aryl methyl sites for hydroxylation is 2. The number of rotatable bonds is 6. The Morgan fingerprint density at radius 3 is 2.55 bits per heavy atom. The number of hydrogen-bond acceptors (Lipinski definition) is 2. The molecule has 0 radical (unpaired) electrons. The normalized spacial score (nSPS) is 16.1. The van der Waals surface area contributed by atoms with Gasteiger partial charge in [-0.2, -0.15) is 0 Å². The molecule has 0 atom stereocenters. The Morgan fingerprint density at radius 1 is 1.07 bits per heavy atom. The lowest BCUT2D eigenvalue weighted by atomic mass is 9.67. The molecule has 1 heterocycles. The van der Waals surface area contributed by atoms with Gasteiger partial charge in [-0.25, -0.2) is 4.98 Å². The largest absolute Gasteiger partial charge is 0.355 e. The molecule has 4 nitrogen and oxygen atoms in total. The standard InChI is InChI=1S/C25H31N3O/c1-3-28-22-14-8-7-13-21(22)27-23(28)15-18-26-24(29)25(16-9-4-10-17-25)20-12-6-5-11-19(20)2/h5-8,11-14H,3-4,9-10,15-18H2,1-2H3,(H,26,29). The van der Waals surface area contributed by atoms with E-state index < -0.39 is 0 Å².